The van der Waals surface area contributed by atoms with E-state index in [4.69, 9.17) is 5.73 Å². The van der Waals surface area contributed by atoms with E-state index in [-0.39, 0.29) is 0 Å². The van der Waals surface area contributed by atoms with Crippen LogP contribution >= 0.6 is 11.3 Å². The molecule has 0 saturated carbocycles. The highest BCUT2D eigenvalue weighted by atomic mass is 32.1. The molecule has 0 spiro atoms. The van der Waals surface area contributed by atoms with Crippen LogP contribution in [0.2, 0.25) is 0 Å². The van der Waals surface area contributed by atoms with E-state index >= 15 is 0 Å². The summed E-state index contributed by atoms with van der Waals surface area (Å²) in [6.07, 6.45) is 0. The molecule has 0 fully saturated rings. The maximum atomic E-state index is 5.31. The number of nitrogens with zero attached hydrogens (tertiary/aromatic N) is 1. The van der Waals surface area contributed by atoms with Gasteiger partial charge in [-0.3, -0.25) is 0 Å². The molecule has 1 rings (SSSR count). The van der Waals surface area contributed by atoms with Gasteiger partial charge in [-0.05, 0) is 25.7 Å². The molecule has 1 heterocycles. The van der Waals surface area contributed by atoms with Gasteiger partial charge in [-0.1, -0.05) is 18.8 Å². The van der Waals surface area contributed by atoms with Crippen LogP contribution in [0.4, 0.5) is 0 Å². The van der Waals surface area contributed by atoms with E-state index in [2.05, 4.69) is 42.8 Å². The summed E-state index contributed by atoms with van der Waals surface area (Å²) < 4.78 is 0. The zero-order valence-corrected chi connectivity index (χ0v) is 9.53. The molecule has 14 heavy (non-hydrogen) atoms. The zero-order chi connectivity index (χ0) is 10.4. The number of hydrogen-bond donors (Lipinski definition) is 1. The molecule has 1 aromatic heterocycles. The Labute approximate surface area is 89.7 Å². The summed E-state index contributed by atoms with van der Waals surface area (Å²) in [4.78, 5) is 4.73. The third-order valence-electron chi connectivity index (χ3n) is 1.94. The van der Waals surface area contributed by atoms with E-state index in [9.17, 15) is 0 Å². The molecule has 0 aliphatic heterocycles. The van der Waals surface area contributed by atoms with Crippen molar-refractivity contribution in [3.63, 3.8) is 0 Å². The lowest BCUT2D eigenvalue weighted by Crippen LogP contribution is -2.15. The van der Waals surface area contributed by atoms with Gasteiger partial charge in [0.1, 0.15) is 0 Å². The van der Waals surface area contributed by atoms with E-state index < -0.39 is 0 Å². The molecule has 0 aliphatic carbocycles. The Hall–Kier alpha value is -0.820. The third kappa shape index (κ3) is 3.51. The Balaban J connectivity index is 2.59. The quantitative estimate of drug-likeness (QED) is 0.763. The van der Waals surface area contributed by atoms with Crippen LogP contribution in [0.1, 0.15) is 16.7 Å². The molecule has 0 radical (unpaired) electrons. The minimum Gasteiger partial charge on any atom is -0.320 e. The summed E-state index contributed by atoms with van der Waals surface area (Å²) >= 11 is 1.75. The molecule has 0 unspecified atom stereocenters. The number of hydrogen-bond acceptors (Lipinski definition) is 3. The lowest BCUT2D eigenvalue weighted by molar-refractivity contribution is 0.349. The van der Waals surface area contributed by atoms with Gasteiger partial charge in [0, 0.05) is 11.4 Å². The average Bonchev–Trinajstić information content (AvgIpc) is 2.62. The van der Waals surface area contributed by atoms with Crippen molar-refractivity contribution in [3.05, 3.63) is 21.9 Å². The summed E-state index contributed by atoms with van der Waals surface area (Å²) in [5.41, 5.74) is 5.31. The van der Waals surface area contributed by atoms with Crippen LogP contribution < -0.4 is 5.73 Å². The molecule has 2 nitrogen and oxygen atoms in total. The summed E-state index contributed by atoms with van der Waals surface area (Å²) in [6.45, 7) is 4.66. The predicted octanol–water partition coefficient (Wildman–Crippen LogP) is 1.51. The van der Waals surface area contributed by atoms with Gasteiger partial charge >= 0.3 is 0 Å². The van der Waals surface area contributed by atoms with Gasteiger partial charge in [-0.15, -0.1) is 11.3 Å². The van der Waals surface area contributed by atoms with Crippen LogP contribution in [0, 0.1) is 11.8 Å². The van der Waals surface area contributed by atoms with E-state index in [1.54, 1.807) is 11.3 Å². The van der Waals surface area contributed by atoms with E-state index in [0.29, 0.717) is 6.54 Å². The average molecular weight is 208 g/mol. The third-order valence-corrected chi connectivity index (χ3v) is 2.93. The van der Waals surface area contributed by atoms with Crippen LogP contribution in [0.3, 0.4) is 0 Å². The number of rotatable bonds is 3. The van der Waals surface area contributed by atoms with Gasteiger partial charge in [-0.2, -0.15) is 0 Å². The van der Waals surface area contributed by atoms with Crippen LogP contribution in [0.5, 0.6) is 0 Å². The van der Waals surface area contributed by atoms with E-state index in [1.807, 2.05) is 0 Å². The molecular weight excluding hydrogens is 192 g/mol. The number of thiophene rings is 1. The smallest absolute Gasteiger partial charge is 0.0772 e. The Bertz CT molecular complexity index is 333. The van der Waals surface area contributed by atoms with E-state index in [0.717, 1.165) is 18.0 Å². The van der Waals surface area contributed by atoms with Gasteiger partial charge in [0.05, 0.1) is 11.4 Å². The lowest BCUT2D eigenvalue weighted by atomic mass is 10.4. The Morgan fingerprint density at radius 1 is 1.50 bits per heavy atom. The molecule has 3 heteroatoms. The van der Waals surface area contributed by atoms with E-state index in [1.165, 1.54) is 4.88 Å². The summed E-state index contributed by atoms with van der Waals surface area (Å²) in [5, 5.41) is 0. The maximum Gasteiger partial charge on any atom is 0.0772 e. The fraction of sp³-hybridized carbons (Fsp3) is 0.455. The fourth-order valence-corrected chi connectivity index (χ4v) is 2.01. The van der Waals surface area contributed by atoms with Crippen LogP contribution in [-0.2, 0) is 6.54 Å². The predicted molar refractivity (Wildman–Crippen MR) is 62.3 cm³/mol. The topological polar surface area (TPSA) is 29.3 Å². The Morgan fingerprint density at radius 2 is 2.29 bits per heavy atom. The van der Waals surface area contributed by atoms with Crippen molar-refractivity contribution in [2.75, 3.05) is 20.1 Å². The molecule has 0 atom stereocenters. The van der Waals surface area contributed by atoms with Crippen molar-refractivity contribution < 1.29 is 0 Å². The van der Waals surface area contributed by atoms with Gasteiger partial charge in [0.2, 0.25) is 0 Å². The lowest BCUT2D eigenvalue weighted by Gasteiger charge is -2.11. The van der Waals surface area contributed by atoms with Gasteiger partial charge in [0.15, 0.2) is 0 Å². The minimum atomic E-state index is 0.433. The molecule has 0 bridgehead atoms. The second-order valence-electron chi connectivity index (χ2n) is 3.10. The molecule has 1 aromatic rings. The van der Waals surface area contributed by atoms with Crippen molar-refractivity contribution >= 4 is 11.3 Å². The molecule has 2 N–H and O–H groups in total. The second kappa shape index (κ2) is 5.82. The first-order valence-corrected chi connectivity index (χ1v) is 5.54. The van der Waals surface area contributed by atoms with Crippen molar-refractivity contribution in [1.82, 2.24) is 4.90 Å². The molecule has 0 aliphatic rings. The van der Waals surface area contributed by atoms with Crippen molar-refractivity contribution in [1.29, 1.82) is 0 Å². The maximum absolute atomic E-state index is 5.31. The molecule has 0 saturated heterocycles. The fourth-order valence-electron chi connectivity index (χ4n) is 1.05. The SMILES string of the molecule is CCN(C)Cc1ccc(C#CCN)s1. The highest BCUT2D eigenvalue weighted by molar-refractivity contribution is 7.12. The van der Waals surface area contributed by atoms with Crippen LogP contribution in [-0.4, -0.2) is 25.0 Å². The highest BCUT2D eigenvalue weighted by Crippen LogP contribution is 2.16. The van der Waals surface area contributed by atoms with Gasteiger partial charge in [0.25, 0.3) is 0 Å². The first kappa shape index (κ1) is 11.3. The standard InChI is InChI=1S/C11H16N2S/c1-3-13(2)9-11-7-6-10(14-11)5-4-8-12/h6-7H,3,8-9,12H2,1-2H3. The largest absolute Gasteiger partial charge is 0.320 e. The molecule has 76 valence electrons. The summed E-state index contributed by atoms with van der Waals surface area (Å²) in [7, 11) is 2.12. The van der Waals surface area contributed by atoms with Crippen molar-refractivity contribution in [2.24, 2.45) is 5.73 Å². The molecule has 0 amide bonds. The van der Waals surface area contributed by atoms with Crippen molar-refractivity contribution in [3.8, 4) is 11.8 Å². The molecule has 0 aromatic carbocycles. The molecular formula is C11H16N2S. The minimum absolute atomic E-state index is 0.433. The monoisotopic (exact) mass is 208 g/mol. The Kier molecular flexibility index (Phi) is 4.68. The van der Waals surface area contributed by atoms with Gasteiger partial charge < -0.3 is 10.6 Å². The zero-order valence-electron chi connectivity index (χ0n) is 8.71. The first-order valence-electron chi connectivity index (χ1n) is 4.72. The highest BCUT2D eigenvalue weighted by Gasteiger charge is 2.00. The number of nitrogens with two attached hydrogens (primary N) is 1. The second-order valence-corrected chi connectivity index (χ2v) is 4.27. The van der Waals surface area contributed by atoms with Gasteiger partial charge in [-0.25, -0.2) is 0 Å². The summed E-state index contributed by atoms with van der Waals surface area (Å²) in [5.74, 6) is 5.90. The van der Waals surface area contributed by atoms with Crippen molar-refractivity contribution in [2.45, 2.75) is 13.5 Å². The first-order chi connectivity index (χ1) is 6.76. The summed E-state index contributed by atoms with van der Waals surface area (Å²) in [6, 6.07) is 4.20. The van der Waals surface area contributed by atoms with Crippen LogP contribution in [0.25, 0.3) is 0 Å². The van der Waals surface area contributed by atoms with Crippen LogP contribution in [0.15, 0.2) is 12.1 Å². The normalized spacial score (nSPS) is 10.0. The Morgan fingerprint density at radius 3 is 2.93 bits per heavy atom.